The number of hydrogen-bond acceptors (Lipinski definition) is 3. The van der Waals surface area contributed by atoms with E-state index in [1.165, 1.54) is 43.6 Å². The molecule has 1 fully saturated rings. The summed E-state index contributed by atoms with van der Waals surface area (Å²) in [6.45, 7) is 4.28. The maximum Gasteiger partial charge on any atom is 0.0366 e. The number of rotatable bonds is 5. The van der Waals surface area contributed by atoms with Crippen molar-refractivity contribution in [1.29, 1.82) is 0 Å². The first kappa shape index (κ1) is 14.4. The highest BCUT2D eigenvalue weighted by atomic mass is 15.1. The van der Waals surface area contributed by atoms with Gasteiger partial charge in [-0.1, -0.05) is 12.1 Å². The van der Waals surface area contributed by atoms with E-state index < -0.39 is 0 Å². The molecule has 0 radical (unpaired) electrons. The molecule has 19 heavy (non-hydrogen) atoms. The van der Waals surface area contributed by atoms with E-state index in [1.54, 1.807) is 0 Å². The van der Waals surface area contributed by atoms with Gasteiger partial charge < -0.3 is 15.5 Å². The first-order valence-corrected chi connectivity index (χ1v) is 7.37. The van der Waals surface area contributed by atoms with Crippen LogP contribution in [0.1, 0.15) is 24.8 Å². The average molecular weight is 261 g/mol. The number of benzene rings is 1. The Bertz CT molecular complexity index is 383. The molecule has 0 aromatic heterocycles. The first-order chi connectivity index (χ1) is 9.19. The molecule has 3 nitrogen and oxygen atoms in total. The van der Waals surface area contributed by atoms with Crippen LogP contribution in [0.5, 0.6) is 0 Å². The number of piperidine rings is 1. The Labute approximate surface area is 117 Å². The number of nitrogens with zero attached hydrogens (tertiary/aromatic N) is 2. The molecule has 1 aromatic carbocycles. The van der Waals surface area contributed by atoms with Gasteiger partial charge in [0.1, 0.15) is 0 Å². The third kappa shape index (κ3) is 4.22. The molecule has 3 heteroatoms. The zero-order valence-electron chi connectivity index (χ0n) is 12.3. The van der Waals surface area contributed by atoms with E-state index >= 15 is 0 Å². The molecule has 2 rings (SSSR count). The average Bonchev–Trinajstić information content (AvgIpc) is 2.46. The van der Waals surface area contributed by atoms with Gasteiger partial charge in [-0.15, -0.1) is 0 Å². The van der Waals surface area contributed by atoms with E-state index in [9.17, 15) is 0 Å². The van der Waals surface area contributed by atoms with Crippen molar-refractivity contribution in [3.8, 4) is 0 Å². The molecular formula is C16H27N3. The smallest absolute Gasteiger partial charge is 0.0366 e. The highest BCUT2D eigenvalue weighted by molar-refractivity contribution is 5.47. The van der Waals surface area contributed by atoms with E-state index in [-0.39, 0.29) is 0 Å². The SMILES string of the molecule is CN1CCC(CCN(C)c2cccc(CN)c2)CC1. The molecule has 0 saturated carbocycles. The molecule has 0 amide bonds. The van der Waals surface area contributed by atoms with Crippen molar-refractivity contribution in [2.45, 2.75) is 25.8 Å². The van der Waals surface area contributed by atoms with Crippen molar-refractivity contribution in [3.05, 3.63) is 29.8 Å². The van der Waals surface area contributed by atoms with Gasteiger partial charge in [0, 0.05) is 25.8 Å². The zero-order valence-corrected chi connectivity index (χ0v) is 12.3. The number of likely N-dealkylation sites (tertiary alicyclic amines) is 1. The summed E-state index contributed by atoms with van der Waals surface area (Å²) in [6, 6.07) is 8.57. The normalized spacial score (nSPS) is 17.6. The summed E-state index contributed by atoms with van der Waals surface area (Å²) in [5.41, 5.74) is 8.20. The van der Waals surface area contributed by atoms with Gasteiger partial charge >= 0.3 is 0 Å². The van der Waals surface area contributed by atoms with Gasteiger partial charge in [0.05, 0.1) is 0 Å². The molecular weight excluding hydrogens is 234 g/mol. The van der Waals surface area contributed by atoms with Gasteiger partial charge in [0.2, 0.25) is 0 Å². The molecule has 106 valence electrons. The predicted molar refractivity (Wildman–Crippen MR) is 82.4 cm³/mol. The lowest BCUT2D eigenvalue weighted by Crippen LogP contribution is -2.32. The Morgan fingerprint density at radius 2 is 2.05 bits per heavy atom. The van der Waals surface area contributed by atoms with Gasteiger partial charge in [-0.05, 0) is 63.0 Å². The fourth-order valence-corrected chi connectivity index (χ4v) is 2.78. The second-order valence-corrected chi connectivity index (χ2v) is 5.83. The maximum absolute atomic E-state index is 5.70. The zero-order chi connectivity index (χ0) is 13.7. The Hall–Kier alpha value is -1.06. The molecule has 1 aromatic rings. The highest BCUT2D eigenvalue weighted by Gasteiger charge is 2.16. The van der Waals surface area contributed by atoms with E-state index in [2.05, 4.69) is 48.2 Å². The molecule has 0 aliphatic carbocycles. The van der Waals surface area contributed by atoms with Crippen LogP contribution < -0.4 is 10.6 Å². The Morgan fingerprint density at radius 1 is 1.32 bits per heavy atom. The molecule has 0 spiro atoms. The van der Waals surface area contributed by atoms with Crippen LogP contribution in [0.25, 0.3) is 0 Å². The molecule has 1 heterocycles. The topological polar surface area (TPSA) is 32.5 Å². The standard InChI is InChI=1S/C16H27N3/c1-18-9-6-14(7-10-18)8-11-19(2)16-5-3-4-15(12-16)13-17/h3-5,12,14H,6-11,13,17H2,1-2H3. The van der Waals surface area contributed by atoms with Crippen LogP contribution in [0.15, 0.2) is 24.3 Å². The van der Waals surface area contributed by atoms with Crippen molar-refractivity contribution < 1.29 is 0 Å². The van der Waals surface area contributed by atoms with Crippen molar-refractivity contribution in [1.82, 2.24) is 4.90 Å². The van der Waals surface area contributed by atoms with E-state index in [1.807, 2.05) is 0 Å². The molecule has 0 unspecified atom stereocenters. The lowest BCUT2D eigenvalue weighted by Gasteiger charge is -2.30. The van der Waals surface area contributed by atoms with Crippen LogP contribution in [0.3, 0.4) is 0 Å². The molecule has 1 aliphatic rings. The number of nitrogens with two attached hydrogens (primary N) is 1. The lowest BCUT2D eigenvalue weighted by molar-refractivity contribution is 0.213. The van der Waals surface area contributed by atoms with Crippen LogP contribution in [0, 0.1) is 5.92 Å². The summed E-state index contributed by atoms with van der Waals surface area (Å²) in [4.78, 5) is 4.79. The fraction of sp³-hybridized carbons (Fsp3) is 0.625. The van der Waals surface area contributed by atoms with E-state index in [4.69, 9.17) is 5.73 Å². The van der Waals surface area contributed by atoms with Crippen molar-refractivity contribution in [3.63, 3.8) is 0 Å². The van der Waals surface area contributed by atoms with Gasteiger partial charge in [0.25, 0.3) is 0 Å². The van der Waals surface area contributed by atoms with Crippen LogP contribution in [-0.4, -0.2) is 38.6 Å². The second-order valence-electron chi connectivity index (χ2n) is 5.83. The van der Waals surface area contributed by atoms with Crippen molar-refractivity contribution in [2.24, 2.45) is 11.7 Å². The van der Waals surface area contributed by atoms with E-state index in [0.29, 0.717) is 6.54 Å². The molecule has 1 saturated heterocycles. The molecule has 0 atom stereocenters. The third-order valence-electron chi connectivity index (χ3n) is 4.30. The first-order valence-electron chi connectivity index (χ1n) is 7.37. The summed E-state index contributed by atoms with van der Waals surface area (Å²) in [7, 11) is 4.41. The van der Waals surface area contributed by atoms with Crippen molar-refractivity contribution in [2.75, 3.05) is 38.6 Å². The summed E-state index contributed by atoms with van der Waals surface area (Å²) in [6.07, 6.45) is 4.01. The number of hydrogen-bond donors (Lipinski definition) is 1. The predicted octanol–water partition coefficient (Wildman–Crippen LogP) is 2.31. The summed E-state index contributed by atoms with van der Waals surface area (Å²) in [5.74, 6) is 0.899. The van der Waals surface area contributed by atoms with Crippen LogP contribution in [0.4, 0.5) is 5.69 Å². The van der Waals surface area contributed by atoms with Gasteiger partial charge in [-0.3, -0.25) is 0 Å². The molecule has 2 N–H and O–H groups in total. The summed E-state index contributed by atoms with van der Waals surface area (Å²) < 4.78 is 0. The maximum atomic E-state index is 5.70. The second kappa shape index (κ2) is 6.92. The van der Waals surface area contributed by atoms with Crippen LogP contribution in [-0.2, 0) is 6.54 Å². The minimum absolute atomic E-state index is 0.622. The fourth-order valence-electron chi connectivity index (χ4n) is 2.78. The molecule has 0 bridgehead atoms. The third-order valence-corrected chi connectivity index (χ3v) is 4.30. The minimum Gasteiger partial charge on any atom is -0.375 e. The Kier molecular flexibility index (Phi) is 5.23. The molecule has 1 aliphatic heterocycles. The van der Waals surface area contributed by atoms with Crippen LogP contribution in [0.2, 0.25) is 0 Å². The summed E-state index contributed by atoms with van der Waals surface area (Å²) in [5, 5.41) is 0. The van der Waals surface area contributed by atoms with E-state index in [0.717, 1.165) is 12.5 Å². The largest absolute Gasteiger partial charge is 0.375 e. The monoisotopic (exact) mass is 261 g/mol. The van der Waals surface area contributed by atoms with Gasteiger partial charge in [0.15, 0.2) is 0 Å². The summed E-state index contributed by atoms with van der Waals surface area (Å²) >= 11 is 0. The number of anilines is 1. The Balaban J connectivity index is 1.81. The highest BCUT2D eigenvalue weighted by Crippen LogP contribution is 2.21. The Morgan fingerprint density at radius 3 is 2.74 bits per heavy atom. The quantitative estimate of drug-likeness (QED) is 0.883. The minimum atomic E-state index is 0.622. The van der Waals surface area contributed by atoms with Gasteiger partial charge in [-0.2, -0.15) is 0 Å². The van der Waals surface area contributed by atoms with Crippen LogP contribution >= 0.6 is 0 Å². The lowest BCUT2D eigenvalue weighted by atomic mass is 9.93. The van der Waals surface area contributed by atoms with Crippen molar-refractivity contribution >= 4 is 5.69 Å². The van der Waals surface area contributed by atoms with Gasteiger partial charge in [-0.25, -0.2) is 0 Å².